The third-order valence-corrected chi connectivity index (χ3v) is 4.63. The number of ketones is 1. The zero-order chi connectivity index (χ0) is 14.7. The van der Waals surface area contributed by atoms with E-state index in [2.05, 4.69) is 0 Å². The molecule has 0 atom stereocenters. The van der Waals surface area contributed by atoms with Gasteiger partial charge in [-0.3, -0.25) is 9.69 Å². The molecule has 1 aromatic carbocycles. The lowest BCUT2D eigenvalue weighted by molar-refractivity contribution is 0.0943. The van der Waals surface area contributed by atoms with Gasteiger partial charge in [0.15, 0.2) is 5.78 Å². The first-order chi connectivity index (χ1) is 9.47. The predicted octanol–water partition coefficient (Wildman–Crippen LogP) is 5.02. The van der Waals surface area contributed by atoms with E-state index in [9.17, 15) is 4.79 Å². The molecule has 2 aromatic rings. The molecule has 20 heavy (non-hydrogen) atoms. The van der Waals surface area contributed by atoms with Gasteiger partial charge in [-0.15, -0.1) is 11.3 Å². The molecule has 0 aliphatic carbocycles. The first-order valence-corrected chi connectivity index (χ1v) is 7.82. The number of nitrogens with zero attached hydrogens (tertiary/aromatic N) is 1. The maximum atomic E-state index is 12.2. The smallest absolute Gasteiger partial charge is 0.179 e. The maximum absolute atomic E-state index is 12.2. The molecule has 106 valence electrons. The molecule has 2 nitrogen and oxygen atoms in total. The van der Waals surface area contributed by atoms with Crippen LogP contribution in [0.4, 0.5) is 0 Å². The van der Waals surface area contributed by atoms with E-state index in [1.54, 1.807) is 6.07 Å². The minimum absolute atomic E-state index is 0.0484. The monoisotopic (exact) mass is 347 g/mol. The summed E-state index contributed by atoms with van der Waals surface area (Å²) in [6.07, 6.45) is 0. The number of Topliss-reactive ketones (excluding diaryl/α,β-unsaturated/α-hetero) is 1. The van der Waals surface area contributed by atoms with Gasteiger partial charge >= 0.3 is 0 Å². The minimum atomic E-state index is -0.0484. The number of likely N-dealkylation sites (N-methyl/N-ethyl adjacent to an activating group) is 1. The molecule has 0 saturated heterocycles. The second-order valence-electron chi connectivity index (χ2n) is 4.42. The molecule has 1 aromatic heterocycles. The molecule has 0 aliphatic heterocycles. The zero-order valence-corrected chi connectivity index (χ0v) is 13.8. The lowest BCUT2D eigenvalue weighted by Crippen LogP contribution is -2.25. The fourth-order valence-electron chi connectivity index (χ4n) is 1.83. The fourth-order valence-corrected chi connectivity index (χ4v) is 3.53. The van der Waals surface area contributed by atoms with Gasteiger partial charge in [-0.05, 0) is 24.7 Å². The van der Waals surface area contributed by atoms with Crippen LogP contribution in [0.5, 0.6) is 0 Å². The molecule has 1 heterocycles. The Hall–Kier alpha value is -0.580. The third-order valence-electron chi connectivity index (χ3n) is 2.77. The van der Waals surface area contributed by atoms with E-state index >= 15 is 0 Å². The Balaban J connectivity index is 2.01. The van der Waals surface area contributed by atoms with Gasteiger partial charge in [0, 0.05) is 11.6 Å². The van der Waals surface area contributed by atoms with Crippen LogP contribution < -0.4 is 0 Å². The SMILES string of the molecule is CN(CC(=O)c1cc(Cl)sc1Cl)Cc1ccccc1Cl. The van der Waals surface area contributed by atoms with Crippen LogP contribution in [0.25, 0.3) is 0 Å². The van der Waals surface area contributed by atoms with E-state index in [4.69, 9.17) is 34.8 Å². The van der Waals surface area contributed by atoms with Crippen LogP contribution in [-0.4, -0.2) is 24.3 Å². The molecule has 0 radical (unpaired) electrons. The summed E-state index contributed by atoms with van der Waals surface area (Å²) in [6, 6.07) is 9.19. The summed E-state index contributed by atoms with van der Waals surface area (Å²) in [7, 11) is 1.86. The highest BCUT2D eigenvalue weighted by Gasteiger charge is 2.16. The number of thiophene rings is 1. The third kappa shape index (κ3) is 3.96. The van der Waals surface area contributed by atoms with Crippen molar-refractivity contribution < 1.29 is 4.79 Å². The van der Waals surface area contributed by atoms with Gasteiger partial charge in [-0.1, -0.05) is 53.0 Å². The average molecular weight is 349 g/mol. The molecular formula is C14H12Cl3NOS. The van der Waals surface area contributed by atoms with Crippen molar-refractivity contribution in [1.29, 1.82) is 0 Å². The highest BCUT2D eigenvalue weighted by atomic mass is 35.5. The van der Waals surface area contributed by atoms with Crippen LogP contribution in [0, 0.1) is 0 Å². The van der Waals surface area contributed by atoms with E-state index in [1.165, 1.54) is 11.3 Å². The van der Waals surface area contributed by atoms with E-state index in [1.807, 2.05) is 36.2 Å². The Bertz CT molecular complexity index is 627. The van der Waals surface area contributed by atoms with Crippen LogP contribution >= 0.6 is 46.1 Å². The Morgan fingerprint density at radius 1 is 1.25 bits per heavy atom. The molecule has 0 fully saturated rings. The number of rotatable bonds is 5. The van der Waals surface area contributed by atoms with Gasteiger partial charge in [0.25, 0.3) is 0 Å². The van der Waals surface area contributed by atoms with Gasteiger partial charge in [-0.25, -0.2) is 0 Å². The summed E-state index contributed by atoms with van der Waals surface area (Å²) in [5, 5.41) is 0.698. The quantitative estimate of drug-likeness (QED) is 0.707. The zero-order valence-electron chi connectivity index (χ0n) is 10.7. The van der Waals surface area contributed by atoms with Gasteiger partial charge in [0.1, 0.15) is 4.34 Å². The standard InChI is InChI=1S/C14H12Cl3NOS/c1-18(7-9-4-2-3-5-11(9)15)8-12(19)10-6-13(16)20-14(10)17/h2-6H,7-8H2,1H3. The average Bonchev–Trinajstić information content (AvgIpc) is 2.71. The second-order valence-corrected chi connectivity index (χ2v) is 7.12. The Labute approximate surface area is 136 Å². The van der Waals surface area contributed by atoms with Crippen LogP contribution in [0.1, 0.15) is 15.9 Å². The van der Waals surface area contributed by atoms with Gasteiger partial charge in [-0.2, -0.15) is 0 Å². The fraction of sp³-hybridized carbons (Fsp3) is 0.214. The van der Waals surface area contributed by atoms with E-state index in [0.717, 1.165) is 5.56 Å². The molecule has 2 rings (SSSR count). The summed E-state index contributed by atoms with van der Waals surface area (Å²) >= 11 is 19.1. The second kappa shape index (κ2) is 6.92. The van der Waals surface area contributed by atoms with Crippen molar-refractivity contribution in [3.8, 4) is 0 Å². The molecule has 0 unspecified atom stereocenters. The molecule has 0 amide bonds. The van der Waals surface area contributed by atoms with Crippen molar-refractivity contribution in [2.75, 3.05) is 13.6 Å². The molecule has 0 bridgehead atoms. The lowest BCUT2D eigenvalue weighted by atomic mass is 10.2. The van der Waals surface area contributed by atoms with Crippen molar-refractivity contribution in [1.82, 2.24) is 4.90 Å². The highest BCUT2D eigenvalue weighted by Crippen LogP contribution is 2.31. The number of carbonyl (C=O) groups excluding carboxylic acids is 1. The first-order valence-electron chi connectivity index (χ1n) is 5.87. The molecule has 0 spiro atoms. The summed E-state index contributed by atoms with van der Waals surface area (Å²) in [5.41, 5.74) is 1.46. The first kappa shape index (κ1) is 15.8. The van der Waals surface area contributed by atoms with Crippen molar-refractivity contribution in [2.45, 2.75) is 6.54 Å². The number of halogens is 3. The van der Waals surface area contributed by atoms with E-state index < -0.39 is 0 Å². The highest BCUT2D eigenvalue weighted by molar-refractivity contribution is 7.20. The van der Waals surface area contributed by atoms with Crippen molar-refractivity contribution in [3.05, 3.63) is 55.2 Å². The van der Waals surface area contributed by atoms with Crippen LogP contribution in [0.15, 0.2) is 30.3 Å². The Morgan fingerprint density at radius 2 is 1.95 bits per heavy atom. The van der Waals surface area contributed by atoms with E-state index in [0.29, 0.717) is 25.8 Å². The molecule has 0 aliphatic rings. The van der Waals surface area contributed by atoms with Crippen LogP contribution in [0.3, 0.4) is 0 Å². The van der Waals surface area contributed by atoms with E-state index in [-0.39, 0.29) is 12.3 Å². The topological polar surface area (TPSA) is 20.3 Å². The maximum Gasteiger partial charge on any atom is 0.179 e. The van der Waals surface area contributed by atoms with Gasteiger partial charge < -0.3 is 0 Å². The number of benzene rings is 1. The summed E-state index contributed by atoms with van der Waals surface area (Å²) in [4.78, 5) is 14.0. The molecule has 6 heteroatoms. The molecule has 0 saturated carbocycles. The minimum Gasteiger partial charge on any atom is -0.295 e. The van der Waals surface area contributed by atoms with Crippen molar-refractivity contribution in [3.63, 3.8) is 0 Å². The Kier molecular flexibility index (Phi) is 5.47. The van der Waals surface area contributed by atoms with Crippen molar-refractivity contribution in [2.24, 2.45) is 0 Å². The van der Waals surface area contributed by atoms with Gasteiger partial charge in [0.2, 0.25) is 0 Å². The molecular weight excluding hydrogens is 337 g/mol. The number of carbonyl (C=O) groups is 1. The van der Waals surface area contributed by atoms with Crippen molar-refractivity contribution >= 4 is 51.9 Å². The Morgan fingerprint density at radius 3 is 2.55 bits per heavy atom. The largest absolute Gasteiger partial charge is 0.295 e. The number of hydrogen-bond acceptors (Lipinski definition) is 3. The van der Waals surface area contributed by atoms with Gasteiger partial charge in [0.05, 0.1) is 16.4 Å². The van der Waals surface area contributed by atoms with Crippen LogP contribution in [0.2, 0.25) is 13.7 Å². The summed E-state index contributed by atoms with van der Waals surface area (Å²) < 4.78 is 0.957. The number of hydrogen-bond donors (Lipinski definition) is 0. The molecule has 0 N–H and O–H groups in total. The predicted molar refractivity (Wildman–Crippen MR) is 86.5 cm³/mol. The summed E-state index contributed by atoms with van der Waals surface area (Å²) in [5.74, 6) is -0.0484. The van der Waals surface area contributed by atoms with Crippen LogP contribution in [-0.2, 0) is 6.54 Å². The summed E-state index contributed by atoms with van der Waals surface area (Å²) in [6.45, 7) is 0.860. The normalized spacial score (nSPS) is 11.1. The lowest BCUT2D eigenvalue weighted by Gasteiger charge is -2.16.